The highest BCUT2D eigenvalue weighted by Crippen LogP contribution is 2.32. The van der Waals surface area contributed by atoms with Gasteiger partial charge in [-0.25, -0.2) is 4.39 Å². The van der Waals surface area contributed by atoms with Crippen LogP contribution in [0.2, 0.25) is 0 Å². The second kappa shape index (κ2) is 3.99. The number of para-hydroxylation sites is 1. The SMILES string of the molecule is Cc1cccc(F)c1NCCC1CC1. The van der Waals surface area contributed by atoms with Gasteiger partial charge in [0, 0.05) is 6.54 Å². The molecule has 0 radical (unpaired) electrons. The van der Waals surface area contributed by atoms with Gasteiger partial charge in [0.25, 0.3) is 0 Å². The van der Waals surface area contributed by atoms with Gasteiger partial charge in [-0.15, -0.1) is 0 Å². The molecule has 0 saturated heterocycles. The third-order valence-electron chi connectivity index (χ3n) is 2.77. The quantitative estimate of drug-likeness (QED) is 0.773. The zero-order chi connectivity index (χ0) is 9.97. The first-order valence-electron chi connectivity index (χ1n) is 5.26. The number of aryl methyl sites for hydroxylation is 1. The number of halogens is 1. The molecule has 0 unspecified atom stereocenters. The van der Waals surface area contributed by atoms with E-state index in [2.05, 4.69) is 5.32 Å². The van der Waals surface area contributed by atoms with Gasteiger partial charge < -0.3 is 5.32 Å². The van der Waals surface area contributed by atoms with Gasteiger partial charge in [0.15, 0.2) is 0 Å². The van der Waals surface area contributed by atoms with E-state index in [0.717, 1.165) is 18.0 Å². The van der Waals surface area contributed by atoms with Crippen LogP contribution < -0.4 is 5.32 Å². The Morgan fingerprint density at radius 3 is 2.86 bits per heavy atom. The second-order valence-electron chi connectivity index (χ2n) is 4.09. The number of nitrogens with one attached hydrogen (secondary N) is 1. The van der Waals surface area contributed by atoms with Crippen molar-refractivity contribution < 1.29 is 4.39 Å². The van der Waals surface area contributed by atoms with Crippen molar-refractivity contribution in [2.75, 3.05) is 11.9 Å². The molecule has 2 rings (SSSR count). The summed E-state index contributed by atoms with van der Waals surface area (Å²) in [6, 6.07) is 5.19. The van der Waals surface area contributed by atoms with E-state index in [1.807, 2.05) is 13.0 Å². The Morgan fingerprint density at radius 1 is 1.43 bits per heavy atom. The Bertz CT molecular complexity index is 298. The standard InChI is InChI=1S/C12H16FN/c1-9-3-2-4-11(13)12(9)14-8-7-10-5-6-10/h2-4,10,14H,5-8H2,1H3. The van der Waals surface area contributed by atoms with Crippen molar-refractivity contribution in [3.63, 3.8) is 0 Å². The molecule has 0 bridgehead atoms. The normalized spacial score (nSPS) is 15.6. The van der Waals surface area contributed by atoms with Gasteiger partial charge in [-0.1, -0.05) is 25.0 Å². The van der Waals surface area contributed by atoms with Gasteiger partial charge in [0.05, 0.1) is 5.69 Å². The van der Waals surface area contributed by atoms with E-state index in [4.69, 9.17) is 0 Å². The first-order valence-corrected chi connectivity index (χ1v) is 5.26. The van der Waals surface area contributed by atoms with Crippen molar-refractivity contribution in [3.05, 3.63) is 29.6 Å². The van der Waals surface area contributed by atoms with Crippen molar-refractivity contribution in [2.45, 2.75) is 26.2 Å². The maximum atomic E-state index is 13.3. The largest absolute Gasteiger partial charge is 0.382 e. The first kappa shape index (κ1) is 9.50. The third-order valence-corrected chi connectivity index (χ3v) is 2.77. The molecule has 1 N–H and O–H groups in total. The van der Waals surface area contributed by atoms with E-state index in [9.17, 15) is 4.39 Å². The zero-order valence-electron chi connectivity index (χ0n) is 8.52. The average molecular weight is 193 g/mol. The monoisotopic (exact) mass is 193 g/mol. The second-order valence-corrected chi connectivity index (χ2v) is 4.09. The Balaban J connectivity index is 1.92. The first-order chi connectivity index (χ1) is 6.77. The molecule has 0 atom stereocenters. The molecule has 1 aliphatic rings. The number of benzene rings is 1. The minimum atomic E-state index is -0.138. The van der Waals surface area contributed by atoms with E-state index in [-0.39, 0.29) is 5.82 Å². The summed E-state index contributed by atoms with van der Waals surface area (Å²) in [6.07, 6.45) is 3.89. The van der Waals surface area contributed by atoms with E-state index < -0.39 is 0 Å². The lowest BCUT2D eigenvalue weighted by atomic mass is 10.2. The average Bonchev–Trinajstić information content (AvgIpc) is 2.94. The fraction of sp³-hybridized carbons (Fsp3) is 0.500. The van der Waals surface area contributed by atoms with E-state index in [1.54, 1.807) is 6.07 Å². The predicted octanol–water partition coefficient (Wildman–Crippen LogP) is 3.35. The Kier molecular flexibility index (Phi) is 2.71. The fourth-order valence-corrected chi connectivity index (χ4v) is 1.66. The molecule has 1 aromatic rings. The number of rotatable bonds is 4. The van der Waals surface area contributed by atoms with Crippen molar-refractivity contribution in [2.24, 2.45) is 5.92 Å². The van der Waals surface area contributed by atoms with E-state index in [1.165, 1.54) is 25.3 Å². The molecule has 1 nitrogen and oxygen atoms in total. The smallest absolute Gasteiger partial charge is 0.146 e. The summed E-state index contributed by atoms with van der Waals surface area (Å²) in [5, 5.41) is 3.18. The van der Waals surface area contributed by atoms with Gasteiger partial charge in [-0.3, -0.25) is 0 Å². The number of hydrogen-bond donors (Lipinski definition) is 1. The maximum Gasteiger partial charge on any atom is 0.146 e. The molecule has 0 spiro atoms. The van der Waals surface area contributed by atoms with Crippen LogP contribution in [0.4, 0.5) is 10.1 Å². The van der Waals surface area contributed by atoms with Crippen molar-refractivity contribution >= 4 is 5.69 Å². The third kappa shape index (κ3) is 2.25. The summed E-state index contributed by atoms with van der Waals surface area (Å²) in [5.41, 5.74) is 1.66. The molecule has 2 heteroatoms. The molecule has 1 fully saturated rings. The van der Waals surface area contributed by atoms with Crippen LogP contribution in [0.5, 0.6) is 0 Å². The van der Waals surface area contributed by atoms with Crippen LogP contribution >= 0.6 is 0 Å². The molecular weight excluding hydrogens is 177 g/mol. The van der Waals surface area contributed by atoms with Crippen LogP contribution in [0.15, 0.2) is 18.2 Å². The minimum Gasteiger partial charge on any atom is -0.382 e. The molecule has 14 heavy (non-hydrogen) atoms. The molecule has 1 aliphatic carbocycles. The Morgan fingerprint density at radius 2 is 2.21 bits per heavy atom. The maximum absolute atomic E-state index is 13.3. The molecule has 76 valence electrons. The summed E-state index contributed by atoms with van der Waals surface area (Å²) in [4.78, 5) is 0. The van der Waals surface area contributed by atoms with Gasteiger partial charge in [-0.05, 0) is 30.9 Å². The highest BCUT2D eigenvalue weighted by Gasteiger charge is 2.20. The topological polar surface area (TPSA) is 12.0 Å². The minimum absolute atomic E-state index is 0.138. The van der Waals surface area contributed by atoms with Gasteiger partial charge >= 0.3 is 0 Å². The summed E-state index contributed by atoms with van der Waals surface area (Å²) in [5.74, 6) is 0.760. The molecule has 0 aromatic heterocycles. The van der Waals surface area contributed by atoms with Gasteiger partial charge in [0.1, 0.15) is 5.82 Å². The fourth-order valence-electron chi connectivity index (χ4n) is 1.66. The van der Waals surface area contributed by atoms with Crippen LogP contribution in [0.25, 0.3) is 0 Å². The summed E-state index contributed by atoms with van der Waals surface area (Å²) < 4.78 is 13.3. The number of anilines is 1. The summed E-state index contributed by atoms with van der Waals surface area (Å²) in [7, 11) is 0. The number of hydrogen-bond acceptors (Lipinski definition) is 1. The van der Waals surface area contributed by atoms with Crippen molar-refractivity contribution in [3.8, 4) is 0 Å². The van der Waals surface area contributed by atoms with Crippen LogP contribution in [-0.2, 0) is 0 Å². The molecule has 0 amide bonds. The van der Waals surface area contributed by atoms with Crippen LogP contribution in [0.3, 0.4) is 0 Å². The lowest BCUT2D eigenvalue weighted by Gasteiger charge is -2.09. The Labute approximate surface area is 84.3 Å². The van der Waals surface area contributed by atoms with Crippen LogP contribution in [0.1, 0.15) is 24.8 Å². The lowest BCUT2D eigenvalue weighted by Crippen LogP contribution is -2.05. The van der Waals surface area contributed by atoms with E-state index >= 15 is 0 Å². The lowest BCUT2D eigenvalue weighted by molar-refractivity contribution is 0.627. The molecule has 1 saturated carbocycles. The van der Waals surface area contributed by atoms with Gasteiger partial charge in [0.2, 0.25) is 0 Å². The van der Waals surface area contributed by atoms with Crippen LogP contribution in [0, 0.1) is 18.7 Å². The highest BCUT2D eigenvalue weighted by molar-refractivity contribution is 5.51. The Hall–Kier alpha value is -1.05. The van der Waals surface area contributed by atoms with Crippen molar-refractivity contribution in [1.29, 1.82) is 0 Å². The van der Waals surface area contributed by atoms with E-state index in [0.29, 0.717) is 5.69 Å². The predicted molar refractivity (Wildman–Crippen MR) is 57.0 cm³/mol. The summed E-state index contributed by atoms with van der Waals surface area (Å²) in [6.45, 7) is 2.83. The highest BCUT2D eigenvalue weighted by atomic mass is 19.1. The molecule has 0 aliphatic heterocycles. The van der Waals surface area contributed by atoms with Gasteiger partial charge in [-0.2, -0.15) is 0 Å². The molecular formula is C12H16FN. The van der Waals surface area contributed by atoms with Crippen molar-refractivity contribution in [1.82, 2.24) is 0 Å². The zero-order valence-corrected chi connectivity index (χ0v) is 8.52. The van der Waals surface area contributed by atoms with Crippen LogP contribution in [-0.4, -0.2) is 6.54 Å². The summed E-state index contributed by atoms with van der Waals surface area (Å²) >= 11 is 0. The molecule has 0 heterocycles. The molecule has 1 aromatic carbocycles.